The Labute approximate surface area is 788 Å². The van der Waals surface area contributed by atoms with Crippen LogP contribution in [0.3, 0.4) is 0 Å². The molecule has 4 nitrogen and oxygen atoms in total. The molecule has 0 spiro atoms. The first-order valence-electron chi connectivity index (χ1n) is 47.4. The average Bonchev–Trinajstić information content (AvgIpc) is 1.53. The molecule has 0 amide bonds. The molecule has 22 aromatic rings. The molecule has 0 saturated carbocycles. The van der Waals surface area contributed by atoms with E-state index in [0.717, 1.165) is 74.0 Å². The van der Waals surface area contributed by atoms with Crippen molar-refractivity contribution in [2.75, 3.05) is 0 Å². The minimum Gasteiger partial charge on any atom is -0.458 e. The summed E-state index contributed by atoms with van der Waals surface area (Å²) in [6.45, 7) is 17.7. The lowest BCUT2D eigenvalue weighted by molar-refractivity contribution is 0.487. The predicted octanol–water partition coefficient (Wildman–Crippen LogP) is 29.8. The number of nitrogens with zero attached hydrogens (tertiary/aromatic N) is 2. The topological polar surface area (TPSA) is 28.3 Å². The molecule has 0 unspecified atom stereocenters. The summed E-state index contributed by atoms with van der Waals surface area (Å²) in [5.74, 6) is 3.52. The summed E-state index contributed by atoms with van der Waals surface area (Å²) in [5, 5.41) is 4.84. The minimum absolute atomic E-state index is 0.174. The maximum Gasteiger partial charge on any atom is 0.256 e. The fraction of sp³-hybridized carbons (Fsp3) is 0.0698. The van der Waals surface area contributed by atoms with E-state index in [1.54, 1.807) is 0 Å². The molecule has 0 aliphatic carbocycles. The lowest BCUT2D eigenvalue weighted by Crippen LogP contribution is -2.58. The van der Waals surface area contributed by atoms with Crippen molar-refractivity contribution < 1.29 is 9.47 Å². The van der Waals surface area contributed by atoms with Gasteiger partial charge < -0.3 is 18.6 Å². The number of aromatic nitrogens is 2. The quantitative estimate of drug-likeness (QED) is 0.102. The van der Waals surface area contributed by atoms with Crippen LogP contribution in [0.1, 0.15) is 55.6 Å². The van der Waals surface area contributed by atoms with Crippen LogP contribution in [0, 0.1) is 55.4 Å². The van der Waals surface area contributed by atoms with Crippen molar-refractivity contribution in [3.05, 3.63) is 456 Å². The van der Waals surface area contributed by atoms with Gasteiger partial charge in [-0.25, -0.2) is 0 Å². The van der Waals surface area contributed by atoms with Crippen molar-refractivity contribution >= 4 is 89.8 Å². The van der Waals surface area contributed by atoms with Gasteiger partial charge in [-0.05, 0) is 345 Å². The molecule has 135 heavy (non-hydrogen) atoms. The van der Waals surface area contributed by atoms with Crippen molar-refractivity contribution in [2.24, 2.45) is 0 Å². The molecule has 2 aromatic heterocycles. The fourth-order valence-electron chi connectivity index (χ4n) is 24.2. The molecule has 0 fully saturated rings. The van der Waals surface area contributed by atoms with Crippen LogP contribution in [-0.4, -0.2) is 22.6 Å². The van der Waals surface area contributed by atoms with Gasteiger partial charge in [-0.2, -0.15) is 0 Å². The smallest absolute Gasteiger partial charge is 0.256 e. The van der Waals surface area contributed by atoms with E-state index in [1.807, 2.05) is 0 Å². The molecule has 0 atom stereocenters. The number of hydrogen-bond acceptors (Lipinski definition) is 2. The molecule has 6 heteroatoms. The van der Waals surface area contributed by atoms with Crippen LogP contribution in [0.25, 0.3) is 189 Å². The Hall–Kier alpha value is -16.3. The lowest BCUT2D eigenvalue weighted by Gasteiger charge is -2.34. The van der Waals surface area contributed by atoms with Gasteiger partial charge in [0, 0.05) is 44.0 Å². The number of benzene rings is 20. The second-order valence-corrected chi connectivity index (χ2v) is 38.1. The molecule has 0 N–H and O–H groups in total. The molecule has 0 saturated heterocycles. The Bertz CT molecular complexity index is 8710. The van der Waals surface area contributed by atoms with E-state index in [2.05, 4.69) is 465 Å². The van der Waals surface area contributed by atoms with Crippen LogP contribution in [0.4, 0.5) is 0 Å². The molecule has 0 bridgehead atoms. The number of fused-ring (bicyclic) bond motifs is 14. The Morgan fingerprint density at radius 1 is 0.207 bits per heavy atom. The first-order valence-corrected chi connectivity index (χ1v) is 47.4. The second kappa shape index (κ2) is 31.2. The van der Waals surface area contributed by atoms with E-state index in [4.69, 9.17) is 9.47 Å². The summed E-state index contributed by atoms with van der Waals surface area (Å²) in [5.41, 5.74) is 55.3. The van der Waals surface area contributed by atoms with Crippen molar-refractivity contribution in [3.8, 4) is 168 Å². The summed E-state index contributed by atoms with van der Waals surface area (Å²) in [7, 11) is 0. The summed E-state index contributed by atoms with van der Waals surface area (Å²) in [6.07, 6.45) is 0.765. The van der Waals surface area contributed by atoms with Gasteiger partial charge in [-0.3, -0.25) is 0 Å². The highest BCUT2D eigenvalue weighted by atomic mass is 16.5. The molecular formula is C129H92B2N2O2. The SMILES string of the molecule is Cc1cc(C)c(-c2ccc3c(c2)B2c4c(cc(-c5ccc(Cc6cc(C)c(-c7ccc8c(c7)B7c9c(cc(-c%10c(C)cc(C)cc%10C)cc9-n9c%10ccc(-c%11ccccc%11-c%11ccccc%11)cc%10c%10cc(-c%11ccccc%11-c%11ccccc%11)cc7c%109)O8)c(C)c6)cc5)cc4-n4c5ccc(-c6ccccc6-c6ccccc6)cc5c5cc(-c6ccccc6-c6ccccc6)cc2c54)O3)c(C)c1. The van der Waals surface area contributed by atoms with Gasteiger partial charge >= 0.3 is 0 Å². The Morgan fingerprint density at radius 2 is 0.511 bits per heavy atom. The van der Waals surface area contributed by atoms with Crippen molar-refractivity contribution in [3.63, 3.8) is 0 Å². The van der Waals surface area contributed by atoms with Crippen LogP contribution in [0.15, 0.2) is 400 Å². The molecule has 636 valence electrons. The van der Waals surface area contributed by atoms with Gasteiger partial charge in [0.1, 0.15) is 23.0 Å². The van der Waals surface area contributed by atoms with E-state index < -0.39 is 0 Å². The van der Waals surface area contributed by atoms with E-state index in [-0.39, 0.29) is 13.4 Å². The van der Waals surface area contributed by atoms with Crippen LogP contribution in [0.5, 0.6) is 23.0 Å². The molecule has 6 heterocycles. The zero-order chi connectivity index (χ0) is 90.3. The minimum atomic E-state index is -0.191. The molecule has 4 aliphatic heterocycles. The van der Waals surface area contributed by atoms with Gasteiger partial charge in [-0.15, -0.1) is 0 Å². The molecule has 20 aromatic carbocycles. The Morgan fingerprint density at radius 3 is 0.896 bits per heavy atom. The third-order valence-electron chi connectivity index (χ3n) is 29.6. The molecule has 0 radical (unpaired) electrons. The van der Waals surface area contributed by atoms with Gasteiger partial charge in [0.25, 0.3) is 13.4 Å². The van der Waals surface area contributed by atoms with E-state index >= 15 is 0 Å². The highest BCUT2D eigenvalue weighted by Crippen LogP contribution is 2.50. The van der Waals surface area contributed by atoms with Crippen molar-refractivity contribution in [1.82, 2.24) is 9.13 Å². The van der Waals surface area contributed by atoms with E-state index in [0.29, 0.717) is 0 Å². The Kier molecular flexibility index (Phi) is 18.4. The highest BCUT2D eigenvalue weighted by Gasteiger charge is 2.45. The first kappa shape index (κ1) is 79.7. The maximum atomic E-state index is 7.54. The average molecular weight is 1720 g/mol. The van der Waals surface area contributed by atoms with E-state index in [9.17, 15) is 0 Å². The van der Waals surface area contributed by atoms with Gasteiger partial charge in [-0.1, -0.05) is 339 Å². The van der Waals surface area contributed by atoms with Gasteiger partial charge in [0.2, 0.25) is 0 Å². The number of hydrogen-bond donors (Lipinski definition) is 0. The summed E-state index contributed by atoms with van der Waals surface area (Å²) < 4.78 is 20.2. The zero-order valence-corrected chi connectivity index (χ0v) is 76.7. The van der Waals surface area contributed by atoms with E-state index in [1.165, 1.54) is 232 Å². The highest BCUT2D eigenvalue weighted by molar-refractivity contribution is 7.00. The van der Waals surface area contributed by atoms with Crippen LogP contribution in [0.2, 0.25) is 0 Å². The number of aryl methyl sites for hydroxylation is 8. The van der Waals surface area contributed by atoms with Crippen LogP contribution in [-0.2, 0) is 6.42 Å². The maximum absolute atomic E-state index is 7.54. The Balaban J connectivity index is 0.598. The first-order chi connectivity index (χ1) is 66.2. The molecular weight excluding hydrogens is 1630 g/mol. The standard InChI is InChI=1S/C129H92B2N2O2/c1-76-57-78(3)123(79(4)58-76)93-51-55-119-111(68-93)130-113-70-96(105-43-27-23-39-101(105)89-33-17-11-18-34-89)66-109-107-64-91(103-41-25-21-37-99(103)87-29-13-9-14-30-87)49-53-115(107)132(128(109)113)117-72-95(74-121(134-119)126(117)130)86-47-45-84(46-48-86)63-85-61-82(7)124(83(8)62-85)94-52-56-120-112(69-94)131-114-71-97(106-44-28-24-40-102(106)90-35-19-12-20-36-90)67-110-108-65-92(104-42-26-22-38-100(104)88-31-15-10-16-32-88)50-54-116(108)133(129(110)114)118-73-98(75-122(135-120)127(118)131)125-80(5)59-77(2)60-81(125)6/h9-62,64-75H,63H2,1-8H3. The van der Waals surface area contributed by atoms with Crippen molar-refractivity contribution in [2.45, 2.75) is 61.8 Å². The molecule has 4 aliphatic rings. The van der Waals surface area contributed by atoms with Crippen LogP contribution >= 0.6 is 0 Å². The predicted molar refractivity (Wildman–Crippen MR) is 570 cm³/mol. The summed E-state index contributed by atoms with van der Waals surface area (Å²) in [4.78, 5) is 0. The summed E-state index contributed by atoms with van der Waals surface area (Å²) in [6, 6.07) is 151. The van der Waals surface area contributed by atoms with Crippen LogP contribution < -0.4 is 42.3 Å². The number of rotatable bonds is 14. The third kappa shape index (κ3) is 12.9. The fourth-order valence-corrected chi connectivity index (χ4v) is 24.2. The summed E-state index contributed by atoms with van der Waals surface area (Å²) >= 11 is 0. The normalized spacial score (nSPS) is 12.4. The zero-order valence-electron chi connectivity index (χ0n) is 76.7. The van der Waals surface area contributed by atoms with Gasteiger partial charge in [0.05, 0.1) is 11.0 Å². The van der Waals surface area contributed by atoms with Gasteiger partial charge in [0.15, 0.2) is 0 Å². The number of ether oxygens (including phenoxy) is 2. The largest absolute Gasteiger partial charge is 0.458 e. The monoisotopic (exact) mass is 1720 g/mol. The third-order valence-corrected chi connectivity index (χ3v) is 29.6. The van der Waals surface area contributed by atoms with Crippen molar-refractivity contribution in [1.29, 1.82) is 0 Å². The lowest BCUT2D eigenvalue weighted by atomic mass is 9.34. The second-order valence-electron chi connectivity index (χ2n) is 38.1. The molecule has 26 rings (SSSR count).